The summed E-state index contributed by atoms with van der Waals surface area (Å²) in [5.41, 5.74) is 5.66. The molecule has 0 bridgehead atoms. The Morgan fingerprint density at radius 2 is 2.03 bits per heavy atom. The molecule has 0 atom stereocenters. The summed E-state index contributed by atoms with van der Waals surface area (Å²) in [6, 6.07) is 7.62. The number of nitrogens with one attached hydrogen (secondary N) is 1. The van der Waals surface area contributed by atoms with E-state index in [-0.39, 0.29) is 18.0 Å². The summed E-state index contributed by atoms with van der Waals surface area (Å²) in [5.74, 6) is -0.278. The van der Waals surface area contributed by atoms with Crippen molar-refractivity contribution < 1.29 is 14.7 Å². The first-order chi connectivity index (χ1) is 17.0. The minimum Gasteiger partial charge on any atom is -0.387 e. The monoisotopic (exact) mass is 471 g/mol. The minimum atomic E-state index is -0.495. The number of aromatic nitrogens is 4. The number of hydrogen-bond donors (Lipinski definition) is 2. The molecule has 1 saturated heterocycles. The number of amides is 3. The highest BCUT2D eigenvalue weighted by molar-refractivity contribution is 6.04. The molecule has 2 N–H and O–H groups in total. The van der Waals surface area contributed by atoms with Crippen molar-refractivity contribution in [3.05, 3.63) is 48.4 Å². The highest BCUT2D eigenvalue weighted by atomic mass is 16.3. The van der Waals surface area contributed by atoms with Crippen molar-refractivity contribution in [2.45, 2.75) is 25.4 Å². The van der Waals surface area contributed by atoms with Gasteiger partial charge in [0.2, 0.25) is 5.91 Å². The molecular formula is C25H25N7O3. The quantitative estimate of drug-likeness (QED) is 0.474. The van der Waals surface area contributed by atoms with Crippen LogP contribution in [0.4, 0.5) is 10.5 Å². The van der Waals surface area contributed by atoms with E-state index in [2.05, 4.69) is 15.0 Å². The molecule has 2 aliphatic rings. The Labute approximate surface area is 201 Å². The summed E-state index contributed by atoms with van der Waals surface area (Å²) in [7, 11) is 1.79. The van der Waals surface area contributed by atoms with Crippen LogP contribution < -0.4 is 4.90 Å². The van der Waals surface area contributed by atoms with Gasteiger partial charge in [-0.3, -0.25) is 14.7 Å². The zero-order chi connectivity index (χ0) is 24.1. The van der Waals surface area contributed by atoms with Gasteiger partial charge in [0.15, 0.2) is 0 Å². The highest BCUT2D eigenvalue weighted by Gasteiger charge is 2.37. The van der Waals surface area contributed by atoms with Crippen LogP contribution in [0.5, 0.6) is 0 Å². The number of urea groups is 1. The first-order valence-electron chi connectivity index (χ1n) is 11.7. The van der Waals surface area contributed by atoms with Gasteiger partial charge in [-0.05, 0) is 37.1 Å². The summed E-state index contributed by atoms with van der Waals surface area (Å²) in [5, 5.41) is 10.2. The van der Waals surface area contributed by atoms with Gasteiger partial charge in [0.25, 0.3) is 0 Å². The number of anilines is 1. The van der Waals surface area contributed by atoms with Crippen LogP contribution in [0.3, 0.4) is 0 Å². The van der Waals surface area contributed by atoms with Gasteiger partial charge >= 0.3 is 6.03 Å². The van der Waals surface area contributed by atoms with Gasteiger partial charge in [0.1, 0.15) is 17.8 Å². The second-order valence-electron chi connectivity index (χ2n) is 9.08. The minimum absolute atomic E-state index is 0.0829. The third-order valence-corrected chi connectivity index (χ3v) is 6.99. The Kier molecular flexibility index (Phi) is 5.10. The molecule has 10 nitrogen and oxygen atoms in total. The number of carbonyl (C=O) groups is 2. The van der Waals surface area contributed by atoms with Crippen molar-refractivity contribution in [3.63, 3.8) is 0 Å². The van der Waals surface area contributed by atoms with Crippen molar-refractivity contribution in [3.8, 4) is 11.3 Å². The number of nitrogens with zero attached hydrogens (tertiary/aromatic N) is 6. The summed E-state index contributed by atoms with van der Waals surface area (Å²) in [6.45, 7) is 0.956. The van der Waals surface area contributed by atoms with Crippen molar-refractivity contribution in [1.82, 2.24) is 29.7 Å². The van der Waals surface area contributed by atoms with Crippen LogP contribution in [0.1, 0.15) is 18.4 Å². The number of H-pyrrole nitrogens is 1. The zero-order valence-electron chi connectivity index (χ0n) is 19.3. The Balaban J connectivity index is 1.46. The first-order valence-corrected chi connectivity index (χ1v) is 11.7. The summed E-state index contributed by atoms with van der Waals surface area (Å²) < 4.78 is 0. The van der Waals surface area contributed by atoms with E-state index in [0.717, 1.165) is 39.1 Å². The van der Waals surface area contributed by atoms with Crippen LogP contribution in [-0.2, 0) is 11.3 Å². The number of aliphatic hydroxyl groups is 1. The number of piperidine rings is 1. The number of likely N-dealkylation sites (tertiary alicyclic amines) is 1. The molecule has 0 aliphatic carbocycles. The molecular weight excluding hydrogens is 446 g/mol. The SMILES string of the molecule is CN1Cc2cnc3ccc(-c4c[nH]c5ncccc45)nc3c2N(C2CCN(C(=O)CO)CC2)C1=O. The third kappa shape index (κ3) is 3.48. The molecule has 0 unspecified atom stereocenters. The lowest BCUT2D eigenvalue weighted by Gasteiger charge is -2.43. The molecule has 0 aromatic carbocycles. The highest BCUT2D eigenvalue weighted by Crippen LogP contribution is 2.38. The van der Waals surface area contributed by atoms with Gasteiger partial charge in [-0.25, -0.2) is 14.8 Å². The van der Waals surface area contributed by atoms with E-state index in [1.54, 1.807) is 23.0 Å². The first kappa shape index (κ1) is 21.5. The molecule has 0 radical (unpaired) electrons. The van der Waals surface area contributed by atoms with E-state index in [9.17, 15) is 14.7 Å². The lowest BCUT2D eigenvalue weighted by molar-refractivity contribution is -0.135. The van der Waals surface area contributed by atoms with Crippen molar-refractivity contribution >= 4 is 39.7 Å². The second-order valence-corrected chi connectivity index (χ2v) is 9.08. The van der Waals surface area contributed by atoms with Crippen LogP contribution in [0.2, 0.25) is 0 Å². The van der Waals surface area contributed by atoms with Gasteiger partial charge in [-0.1, -0.05) is 0 Å². The van der Waals surface area contributed by atoms with Crippen LogP contribution in [0.15, 0.2) is 42.9 Å². The largest absolute Gasteiger partial charge is 0.387 e. The maximum atomic E-state index is 13.5. The van der Waals surface area contributed by atoms with Gasteiger partial charge in [-0.2, -0.15) is 0 Å². The molecule has 35 heavy (non-hydrogen) atoms. The van der Waals surface area contributed by atoms with E-state index in [4.69, 9.17) is 4.98 Å². The molecule has 2 aliphatic heterocycles. The standard InChI is InChI=1S/C25H25N7O3/c1-30-13-15-11-27-20-5-4-19(18-12-28-24-17(18)3-2-8-26-24)29-22(20)23(15)32(25(30)35)16-6-9-31(10-7-16)21(34)14-33/h2-5,8,11-12,16,33H,6-7,9-10,13-14H2,1H3,(H,26,28). The van der Waals surface area contributed by atoms with E-state index < -0.39 is 6.61 Å². The molecule has 6 rings (SSSR count). The number of pyridine rings is 3. The van der Waals surface area contributed by atoms with E-state index in [1.807, 2.05) is 41.6 Å². The van der Waals surface area contributed by atoms with Crippen molar-refractivity contribution in [2.75, 3.05) is 31.6 Å². The summed E-state index contributed by atoms with van der Waals surface area (Å²) in [4.78, 5) is 47.8. The molecule has 1 fully saturated rings. The Morgan fingerprint density at radius 3 is 2.83 bits per heavy atom. The number of fused-ring (bicyclic) bond motifs is 4. The van der Waals surface area contributed by atoms with Gasteiger partial charge < -0.3 is 19.9 Å². The van der Waals surface area contributed by atoms with Crippen molar-refractivity contribution in [1.29, 1.82) is 0 Å². The van der Waals surface area contributed by atoms with Gasteiger partial charge in [0, 0.05) is 61.3 Å². The normalized spacial score (nSPS) is 16.9. The Hall–Kier alpha value is -4.05. The molecule has 4 aromatic heterocycles. The fraction of sp³-hybridized carbons (Fsp3) is 0.320. The molecule has 0 saturated carbocycles. The smallest absolute Gasteiger partial charge is 0.324 e. The van der Waals surface area contributed by atoms with Crippen LogP contribution >= 0.6 is 0 Å². The van der Waals surface area contributed by atoms with E-state index in [1.165, 1.54) is 0 Å². The second kappa shape index (κ2) is 8.31. The zero-order valence-corrected chi connectivity index (χ0v) is 19.3. The lowest BCUT2D eigenvalue weighted by atomic mass is 9.99. The number of aromatic amines is 1. The number of hydrogen-bond acceptors (Lipinski definition) is 6. The molecule has 3 amide bonds. The topological polar surface area (TPSA) is 119 Å². The number of carbonyl (C=O) groups excluding carboxylic acids is 2. The maximum Gasteiger partial charge on any atom is 0.324 e. The molecule has 178 valence electrons. The summed E-state index contributed by atoms with van der Waals surface area (Å²) in [6.07, 6.45) is 6.73. The van der Waals surface area contributed by atoms with Crippen LogP contribution in [-0.4, -0.2) is 79.6 Å². The number of rotatable bonds is 3. The molecule has 4 aromatic rings. The van der Waals surface area contributed by atoms with E-state index >= 15 is 0 Å². The van der Waals surface area contributed by atoms with Crippen LogP contribution in [0, 0.1) is 0 Å². The average molecular weight is 472 g/mol. The predicted octanol–water partition coefficient (Wildman–Crippen LogP) is 2.53. The lowest BCUT2D eigenvalue weighted by Crippen LogP contribution is -2.54. The summed E-state index contributed by atoms with van der Waals surface area (Å²) >= 11 is 0. The van der Waals surface area contributed by atoms with E-state index in [0.29, 0.717) is 38.0 Å². The Bertz CT molecular complexity index is 1460. The fourth-order valence-electron chi connectivity index (χ4n) is 5.21. The third-order valence-electron chi connectivity index (χ3n) is 6.99. The average Bonchev–Trinajstić information content (AvgIpc) is 3.33. The van der Waals surface area contributed by atoms with Crippen LogP contribution in [0.25, 0.3) is 33.3 Å². The number of aliphatic hydroxyl groups excluding tert-OH is 1. The predicted molar refractivity (Wildman–Crippen MR) is 131 cm³/mol. The van der Waals surface area contributed by atoms with Gasteiger partial charge in [-0.15, -0.1) is 0 Å². The van der Waals surface area contributed by atoms with Gasteiger partial charge in [0.05, 0.1) is 23.4 Å². The Morgan fingerprint density at radius 1 is 1.20 bits per heavy atom. The molecule has 10 heteroatoms. The maximum absolute atomic E-state index is 13.5. The fourth-order valence-corrected chi connectivity index (χ4v) is 5.21. The molecule has 0 spiro atoms. The van der Waals surface area contributed by atoms with Crippen molar-refractivity contribution in [2.24, 2.45) is 0 Å². The molecule has 6 heterocycles.